The molecule has 0 atom stereocenters. The van der Waals surface area contributed by atoms with Crippen LogP contribution in [-0.2, 0) is 11.3 Å². The molecule has 114 valence electrons. The van der Waals surface area contributed by atoms with Gasteiger partial charge in [-0.05, 0) is 43.6 Å². The highest BCUT2D eigenvalue weighted by molar-refractivity contribution is 5.92. The summed E-state index contributed by atoms with van der Waals surface area (Å²) in [5.41, 5.74) is 12.1. The molecule has 1 aromatic rings. The molecule has 5 N–H and O–H groups in total. The number of rotatable bonds is 6. The van der Waals surface area contributed by atoms with E-state index in [0.29, 0.717) is 18.2 Å². The minimum absolute atomic E-state index is 0.228. The molecule has 0 radical (unpaired) electrons. The van der Waals surface area contributed by atoms with Crippen molar-refractivity contribution in [3.8, 4) is 0 Å². The third-order valence-electron chi connectivity index (χ3n) is 3.78. The number of nitrogens with two attached hydrogens (primary N) is 2. The van der Waals surface area contributed by atoms with E-state index in [1.54, 1.807) is 18.2 Å². The molecule has 2 rings (SSSR count). The number of carbonyl (C=O) groups excluding carboxylic acids is 2. The van der Waals surface area contributed by atoms with Crippen molar-refractivity contribution in [2.45, 2.75) is 25.4 Å². The lowest BCUT2D eigenvalue weighted by Gasteiger charge is -2.33. The average molecular weight is 290 g/mol. The fraction of sp³-hybridized carbons (Fsp3) is 0.467. The molecule has 6 heteroatoms. The molecule has 1 saturated heterocycles. The van der Waals surface area contributed by atoms with E-state index in [1.165, 1.54) is 0 Å². The summed E-state index contributed by atoms with van der Waals surface area (Å²) in [6.45, 7) is 2.71. The van der Waals surface area contributed by atoms with Crippen LogP contribution in [0.4, 0.5) is 0 Å². The summed E-state index contributed by atoms with van der Waals surface area (Å²) < 4.78 is 0. The Hall–Kier alpha value is -1.92. The van der Waals surface area contributed by atoms with Crippen LogP contribution < -0.4 is 16.8 Å². The van der Waals surface area contributed by atoms with Gasteiger partial charge in [-0.2, -0.15) is 0 Å². The molecule has 1 aliphatic heterocycles. The fourth-order valence-electron chi connectivity index (χ4n) is 2.74. The Labute approximate surface area is 124 Å². The second-order valence-electron chi connectivity index (χ2n) is 5.42. The van der Waals surface area contributed by atoms with Crippen LogP contribution in [0.5, 0.6) is 0 Å². The van der Waals surface area contributed by atoms with Crippen LogP contribution in [0.15, 0.2) is 24.3 Å². The molecule has 0 spiro atoms. The first kappa shape index (κ1) is 15.5. The third-order valence-corrected chi connectivity index (χ3v) is 3.78. The van der Waals surface area contributed by atoms with E-state index in [0.717, 1.165) is 31.5 Å². The van der Waals surface area contributed by atoms with Crippen LogP contribution >= 0.6 is 0 Å². The summed E-state index contributed by atoms with van der Waals surface area (Å²) in [6, 6.07) is 7.53. The number of carbonyl (C=O) groups is 2. The highest BCUT2D eigenvalue weighted by atomic mass is 16.1. The van der Waals surface area contributed by atoms with Crippen molar-refractivity contribution in [1.29, 1.82) is 0 Å². The number of hydrogen-bond donors (Lipinski definition) is 3. The minimum Gasteiger partial charge on any atom is -0.369 e. The van der Waals surface area contributed by atoms with Gasteiger partial charge in [0.25, 0.3) is 0 Å². The first-order chi connectivity index (χ1) is 10.1. The predicted octanol–water partition coefficient (Wildman–Crippen LogP) is -0.175. The van der Waals surface area contributed by atoms with Crippen molar-refractivity contribution in [2.24, 2.45) is 11.5 Å². The van der Waals surface area contributed by atoms with Crippen LogP contribution in [0.25, 0.3) is 0 Å². The van der Waals surface area contributed by atoms with Gasteiger partial charge in [0, 0.05) is 18.2 Å². The molecule has 0 saturated carbocycles. The average Bonchev–Trinajstić information content (AvgIpc) is 2.47. The molecule has 0 aliphatic carbocycles. The maximum atomic E-state index is 11.3. The lowest BCUT2D eigenvalue weighted by molar-refractivity contribution is -0.120. The van der Waals surface area contributed by atoms with Crippen LogP contribution in [-0.4, -0.2) is 42.4 Å². The first-order valence-electron chi connectivity index (χ1n) is 7.18. The number of hydrogen-bond acceptors (Lipinski definition) is 4. The summed E-state index contributed by atoms with van der Waals surface area (Å²) in [6.07, 6.45) is 1.98. The Kier molecular flexibility index (Phi) is 5.30. The first-order valence-corrected chi connectivity index (χ1v) is 7.18. The van der Waals surface area contributed by atoms with Gasteiger partial charge in [0.05, 0.1) is 6.54 Å². The van der Waals surface area contributed by atoms with Gasteiger partial charge in [-0.25, -0.2) is 0 Å². The lowest BCUT2D eigenvalue weighted by atomic mass is 10.0. The summed E-state index contributed by atoms with van der Waals surface area (Å²) in [4.78, 5) is 24.6. The zero-order valence-corrected chi connectivity index (χ0v) is 12.0. The van der Waals surface area contributed by atoms with Crippen molar-refractivity contribution in [1.82, 2.24) is 10.2 Å². The molecular weight excluding hydrogens is 268 g/mol. The Bertz CT molecular complexity index is 512. The van der Waals surface area contributed by atoms with E-state index < -0.39 is 5.91 Å². The second-order valence-corrected chi connectivity index (χ2v) is 5.42. The molecule has 1 aromatic carbocycles. The number of piperidine rings is 1. The number of nitrogens with one attached hydrogen (secondary N) is 1. The molecule has 2 amide bonds. The van der Waals surface area contributed by atoms with E-state index in [1.807, 2.05) is 6.07 Å². The second kappa shape index (κ2) is 7.19. The van der Waals surface area contributed by atoms with Gasteiger partial charge in [-0.1, -0.05) is 12.1 Å². The van der Waals surface area contributed by atoms with Gasteiger partial charge in [0.2, 0.25) is 11.8 Å². The van der Waals surface area contributed by atoms with Crippen LogP contribution in [0.1, 0.15) is 28.8 Å². The summed E-state index contributed by atoms with van der Waals surface area (Å²) in [5, 5.41) is 3.31. The molecule has 0 unspecified atom stereocenters. The van der Waals surface area contributed by atoms with Gasteiger partial charge in [-0.3, -0.25) is 14.5 Å². The maximum absolute atomic E-state index is 11.3. The monoisotopic (exact) mass is 290 g/mol. The summed E-state index contributed by atoms with van der Waals surface area (Å²) in [7, 11) is 0. The number of nitrogens with zero attached hydrogens (tertiary/aromatic N) is 1. The van der Waals surface area contributed by atoms with Gasteiger partial charge in [-0.15, -0.1) is 0 Å². The highest BCUT2D eigenvalue weighted by Gasteiger charge is 2.22. The van der Waals surface area contributed by atoms with Crippen LogP contribution in [0, 0.1) is 0 Å². The Morgan fingerprint density at radius 3 is 2.57 bits per heavy atom. The molecule has 1 aliphatic rings. The largest absolute Gasteiger partial charge is 0.369 e. The molecule has 1 fully saturated rings. The van der Waals surface area contributed by atoms with Crippen LogP contribution in [0.2, 0.25) is 0 Å². The van der Waals surface area contributed by atoms with Crippen LogP contribution in [0.3, 0.4) is 0 Å². The minimum atomic E-state index is -0.444. The zero-order valence-electron chi connectivity index (χ0n) is 12.0. The van der Waals surface area contributed by atoms with Crippen molar-refractivity contribution in [3.05, 3.63) is 35.4 Å². The van der Waals surface area contributed by atoms with Crippen molar-refractivity contribution < 1.29 is 9.59 Å². The molecule has 1 heterocycles. The third kappa shape index (κ3) is 4.54. The van der Waals surface area contributed by atoms with Gasteiger partial charge in [0.15, 0.2) is 0 Å². The Balaban J connectivity index is 2.11. The number of amides is 2. The highest BCUT2D eigenvalue weighted by Crippen LogP contribution is 2.16. The smallest absolute Gasteiger partial charge is 0.248 e. The van der Waals surface area contributed by atoms with E-state index >= 15 is 0 Å². The summed E-state index contributed by atoms with van der Waals surface area (Å²) >= 11 is 0. The Morgan fingerprint density at radius 2 is 1.95 bits per heavy atom. The van der Waals surface area contributed by atoms with Gasteiger partial charge < -0.3 is 16.8 Å². The molecule has 0 bridgehead atoms. The lowest BCUT2D eigenvalue weighted by Crippen LogP contribution is -2.46. The topological polar surface area (TPSA) is 101 Å². The molecular formula is C15H22N4O2. The molecule has 6 nitrogen and oxygen atoms in total. The summed E-state index contributed by atoms with van der Waals surface area (Å²) in [5.74, 6) is -0.778. The van der Waals surface area contributed by atoms with Gasteiger partial charge in [0.1, 0.15) is 0 Å². The number of benzene rings is 1. The molecule has 21 heavy (non-hydrogen) atoms. The van der Waals surface area contributed by atoms with E-state index in [9.17, 15) is 9.59 Å². The van der Waals surface area contributed by atoms with Gasteiger partial charge >= 0.3 is 0 Å². The standard InChI is InChI=1S/C15H22N4O2/c16-14(20)10-19(13-4-6-18-7-5-13)9-11-2-1-3-12(8-11)15(17)21/h1-3,8,13,18H,4-7,9-10H2,(H2,16,20)(H2,17,21). The van der Waals surface area contributed by atoms with E-state index in [4.69, 9.17) is 11.5 Å². The zero-order chi connectivity index (χ0) is 15.2. The predicted molar refractivity (Wildman–Crippen MR) is 80.5 cm³/mol. The van der Waals surface area contributed by atoms with E-state index in [2.05, 4.69) is 10.2 Å². The van der Waals surface area contributed by atoms with Crippen molar-refractivity contribution >= 4 is 11.8 Å². The maximum Gasteiger partial charge on any atom is 0.248 e. The van der Waals surface area contributed by atoms with Crippen molar-refractivity contribution in [2.75, 3.05) is 19.6 Å². The normalized spacial score (nSPS) is 16.0. The SMILES string of the molecule is NC(=O)CN(Cc1cccc(C(N)=O)c1)C1CCNCC1. The quantitative estimate of drug-likeness (QED) is 0.676. The number of primary amides is 2. The Morgan fingerprint density at radius 1 is 1.24 bits per heavy atom. The van der Waals surface area contributed by atoms with E-state index in [-0.39, 0.29) is 12.5 Å². The van der Waals surface area contributed by atoms with Crippen molar-refractivity contribution in [3.63, 3.8) is 0 Å². The fourth-order valence-corrected chi connectivity index (χ4v) is 2.74. The molecule has 0 aromatic heterocycles.